The van der Waals surface area contributed by atoms with Crippen LogP contribution in [0.15, 0.2) is 23.9 Å². The van der Waals surface area contributed by atoms with E-state index >= 15 is 0 Å². The first-order valence-corrected chi connectivity index (χ1v) is 5.13. The van der Waals surface area contributed by atoms with Crippen molar-refractivity contribution in [2.75, 3.05) is 27.2 Å². The second-order valence-corrected chi connectivity index (χ2v) is 4.34. The van der Waals surface area contributed by atoms with E-state index in [1.807, 2.05) is 0 Å². The van der Waals surface area contributed by atoms with Crippen LogP contribution in [0.4, 0.5) is 4.79 Å². The van der Waals surface area contributed by atoms with Crippen LogP contribution in [0.25, 0.3) is 0 Å². The zero-order valence-electron chi connectivity index (χ0n) is 9.40. The van der Waals surface area contributed by atoms with E-state index in [0.29, 0.717) is 6.61 Å². The van der Waals surface area contributed by atoms with Gasteiger partial charge in [-0.2, -0.15) is 0 Å². The highest BCUT2D eigenvalue weighted by atomic mass is 16.5. The summed E-state index contributed by atoms with van der Waals surface area (Å²) in [6, 6.07) is 0. The molecule has 1 rings (SSSR count). The number of likely N-dealkylation sites (N-methyl/N-ethyl adjacent to an activating group) is 1. The number of rotatable bonds is 4. The van der Waals surface area contributed by atoms with Crippen LogP contribution in [0.5, 0.6) is 0 Å². The molecule has 84 valence electrons. The van der Waals surface area contributed by atoms with Gasteiger partial charge < -0.3 is 10.5 Å². The third-order valence-electron chi connectivity index (χ3n) is 2.28. The number of nitrogens with two attached hydrogens (primary N) is 1. The van der Waals surface area contributed by atoms with E-state index in [2.05, 4.69) is 37.2 Å². The number of nitrogens with zero attached hydrogens (tertiary/aromatic N) is 1. The molecule has 4 nitrogen and oxygen atoms in total. The Kier molecular flexibility index (Phi) is 3.91. The predicted molar refractivity (Wildman–Crippen MR) is 59.0 cm³/mol. The van der Waals surface area contributed by atoms with Crippen molar-refractivity contribution in [3.05, 3.63) is 23.9 Å². The molecule has 0 aromatic carbocycles. The summed E-state index contributed by atoms with van der Waals surface area (Å²) in [5.74, 6) is 0. The molecule has 1 amide bonds. The maximum absolute atomic E-state index is 10.3. The van der Waals surface area contributed by atoms with E-state index in [9.17, 15) is 4.79 Å². The van der Waals surface area contributed by atoms with Gasteiger partial charge in [0.05, 0.1) is 26.9 Å². The van der Waals surface area contributed by atoms with Gasteiger partial charge in [-0.15, -0.1) is 0 Å². The van der Waals surface area contributed by atoms with Crippen molar-refractivity contribution in [3.63, 3.8) is 0 Å². The van der Waals surface area contributed by atoms with E-state index in [4.69, 9.17) is 5.73 Å². The van der Waals surface area contributed by atoms with Crippen LogP contribution in [0.1, 0.15) is 12.8 Å². The summed E-state index contributed by atoms with van der Waals surface area (Å²) in [5, 5.41) is 0. The fraction of sp³-hybridized carbons (Fsp3) is 0.545. The molecule has 0 saturated heterocycles. The Labute approximate surface area is 90.6 Å². The summed E-state index contributed by atoms with van der Waals surface area (Å²) in [7, 11) is 4.31. The molecule has 15 heavy (non-hydrogen) atoms. The fourth-order valence-corrected chi connectivity index (χ4v) is 1.62. The molecule has 1 aliphatic heterocycles. The molecule has 0 aliphatic carbocycles. The molecule has 0 spiro atoms. The lowest BCUT2D eigenvalue weighted by atomic mass is 10.1. The molecule has 0 bridgehead atoms. The van der Waals surface area contributed by atoms with Gasteiger partial charge in [0.25, 0.3) is 0 Å². The Balaban J connectivity index is 2.30. The quantitative estimate of drug-likeness (QED) is 0.564. The molecule has 0 aromatic rings. The molecule has 0 fully saturated rings. The SMILES string of the molecule is C[N+]1(C)C=C(CCCOC(N)=O)C=CC1. The number of carbonyl (C=O) groups is 1. The molecule has 4 heteroatoms. The average Bonchev–Trinajstić information content (AvgIpc) is 2.10. The van der Waals surface area contributed by atoms with Crippen molar-refractivity contribution in [2.45, 2.75) is 12.8 Å². The summed E-state index contributed by atoms with van der Waals surface area (Å²) >= 11 is 0. The monoisotopic (exact) mass is 211 g/mol. The first-order valence-electron chi connectivity index (χ1n) is 5.13. The van der Waals surface area contributed by atoms with E-state index < -0.39 is 6.09 Å². The summed E-state index contributed by atoms with van der Waals surface area (Å²) in [5.41, 5.74) is 6.15. The first-order chi connectivity index (χ1) is 6.99. The fourth-order valence-electron chi connectivity index (χ4n) is 1.62. The number of amides is 1. The number of quaternary nitrogens is 1. The van der Waals surface area contributed by atoms with Crippen molar-refractivity contribution < 1.29 is 14.0 Å². The molecule has 0 radical (unpaired) electrons. The van der Waals surface area contributed by atoms with Gasteiger partial charge in [-0.05, 0) is 18.9 Å². The topological polar surface area (TPSA) is 52.3 Å². The zero-order chi connectivity index (χ0) is 11.3. The van der Waals surface area contributed by atoms with Crippen molar-refractivity contribution >= 4 is 6.09 Å². The maximum Gasteiger partial charge on any atom is 0.404 e. The Hall–Kier alpha value is -1.29. The molecule has 1 aliphatic rings. The van der Waals surface area contributed by atoms with Gasteiger partial charge >= 0.3 is 6.09 Å². The summed E-state index contributed by atoms with van der Waals surface area (Å²) in [4.78, 5) is 10.3. The van der Waals surface area contributed by atoms with Crippen LogP contribution in [0, 0.1) is 0 Å². The van der Waals surface area contributed by atoms with Gasteiger partial charge in [-0.1, -0.05) is 6.08 Å². The van der Waals surface area contributed by atoms with Crippen molar-refractivity contribution in [2.24, 2.45) is 5.73 Å². The minimum atomic E-state index is -0.695. The largest absolute Gasteiger partial charge is 0.450 e. The molecular formula is C11H19N2O2+. The van der Waals surface area contributed by atoms with E-state index in [0.717, 1.165) is 23.9 Å². The highest BCUT2D eigenvalue weighted by molar-refractivity contribution is 5.64. The van der Waals surface area contributed by atoms with Crippen LogP contribution < -0.4 is 5.73 Å². The normalized spacial score (nSPS) is 18.4. The predicted octanol–water partition coefficient (Wildman–Crippen LogP) is 1.39. The zero-order valence-corrected chi connectivity index (χ0v) is 9.40. The van der Waals surface area contributed by atoms with E-state index in [1.165, 1.54) is 5.57 Å². The highest BCUT2D eigenvalue weighted by Crippen LogP contribution is 2.16. The van der Waals surface area contributed by atoms with Gasteiger partial charge in [0.2, 0.25) is 0 Å². The molecule has 0 atom stereocenters. The number of carbonyl (C=O) groups excluding carboxylic acids is 1. The molecule has 0 unspecified atom stereocenters. The van der Waals surface area contributed by atoms with Gasteiger partial charge in [0.15, 0.2) is 0 Å². The number of allylic oxidation sites excluding steroid dienone is 2. The van der Waals surface area contributed by atoms with Crippen molar-refractivity contribution in [1.82, 2.24) is 0 Å². The van der Waals surface area contributed by atoms with Crippen LogP contribution in [0.2, 0.25) is 0 Å². The minimum absolute atomic E-state index is 0.397. The van der Waals surface area contributed by atoms with Gasteiger partial charge in [-0.3, -0.25) is 4.48 Å². The summed E-state index contributed by atoms with van der Waals surface area (Å²) in [6.07, 6.45) is 7.58. The van der Waals surface area contributed by atoms with Crippen LogP contribution in [-0.2, 0) is 4.74 Å². The van der Waals surface area contributed by atoms with Crippen LogP contribution in [-0.4, -0.2) is 37.8 Å². The Morgan fingerprint density at radius 1 is 1.60 bits per heavy atom. The number of ether oxygens (including phenoxy) is 1. The van der Waals surface area contributed by atoms with E-state index in [-0.39, 0.29) is 0 Å². The second kappa shape index (κ2) is 4.98. The molecular weight excluding hydrogens is 192 g/mol. The summed E-state index contributed by atoms with van der Waals surface area (Å²) < 4.78 is 5.54. The van der Waals surface area contributed by atoms with Gasteiger partial charge in [-0.25, -0.2) is 4.79 Å². The van der Waals surface area contributed by atoms with Crippen molar-refractivity contribution in [1.29, 1.82) is 0 Å². The summed E-state index contributed by atoms with van der Waals surface area (Å²) in [6.45, 7) is 1.43. The van der Waals surface area contributed by atoms with Crippen molar-refractivity contribution in [3.8, 4) is 0 Å². The lowest BCUT2D eigenvalue weighted by Crippen LogP contribution is -2.35. The molecule has 2 N–H and O–H groups in total. The van der Waals surface area contributed by atoms with Crippen LogP contribution in [0.3, 0.4) is 0 Å². The van der Waals surface area contributed by atoms with E-state index in [1.54, 1.807) is 0 Å². The maximum atomic E-state index is 10.3. The number of primary amides is 1. The molecule has 1 heterocycles. The van der Waals surface area contributed by atoms with Crippen LogP contribution >= 0.6 is 0 Å². The Morgan fingerprint density at radius 3 is 2.93 bits per heavy atom. The Bertz CT molecular complexity index is 293. The lowest BCUT2D eigenvalue weighted by molar-refractivity contribution is -0.833. The standard InChI is InChI=1S/C11H18N2O2/c1-13(2)7-3-5-10(9-13)6-4-8-15-11(12)14/h3,5,9H,4,6-8H2,1-2H3,(H-,12,14)/p+1. The number of hydrogen-bond donors (Lipinski definition) is 1. The van der Waals surface area contributed by atoms with Gasteiger partial charge in [0.1, 0.15) is 6.54 Å². The first kappa shape index (κ1) is 11.8. The Morgan fingerprint density at radius 2 is 2.33 bits per heavy atom. The molecule has 0 saturated carbocycles. The van der Waals surface area contributed by atoms with Gasteiger partial charge in [0, 0.05) is 5.57 Å². The second-order valence-electron chi connectivity index (χ2n) is 4.34. The molecule has 0 aromatic heterocycles. The number of hydrogen-bond acceptors (Lipinski definition) is 2. The highest BCUT2D eigenvalue weighted by Gasteiger charge is 2.14. The third kappa shape index (κ3) is 4.65. The average molecular weight is 211 g/mol. The lowest BCUT2D eigenvalue weighted by Gasteiger charge is -2.27. The minimum Gasteiger partial charge on any atom is -0.450 e. The smallest absolute Gasteiger partial charge is 0.404 e. The third-order valence-corrected chi connectivity index (χ3v) is 2.28.